The van der Waals surface area contributed by atoms with Crippen LogP contribution in [0.15, 0.2) is 81.4 Å². The van der Waals surface area contributed by atoms with E-state index in [1.807, 2.05) is 42.5 Å². The molecule has 0 unspecified atom stereocenters. The number of methoxy groups -OCH3 is 1. The summed E-state index contributed by atoms with van der Waals surface area (Å²) in [6, 6.07) is 22.2. The van der Waals surface area contributed by atoms with Crippen LogP contribution in [0.4, 0.5) is 16.2 Å². The second kappa shape index (κ2) is 9.10. The Morgan fingerprint density at radius 1 is 0.970 bits per heavy atom. The van der Waals surface area contributed by atoms with Gasteiger partial charge in [-0.15, -0.1) is 0 Å². The van der Waals surface area contributed by atoms with Crippen molar-refractivity contribution in [3.05, 3.63) is 82.8 Å². The Labute approximate surface area is 200 Å². The van der Waals surface area contributed by atoms with Crippen molar-refractivity contribution in [2.24, 2.45) is 0 Å². The summed E-state index contributed by atoms with van der Waals surface area (Å²) in [6.45, 7) is 0.510. The van der Waals surface area contributed by atoms with Gasteiger partial charge in [0.2, 0.25) is 0 Å². The topological polar surface area (TPSA) is 58.6 Å². The SMILES string of the molecule is COc1ccc(/C=C2/SC(=O)NC2=O)cc1C#CCN1c2ccccc2Sc2ccccc21. The van der Waals surface area contributed by atoms with Crippen molar-refractivity contribution in [1.29, 1.82) is 0 Å². The van der Waals surface area contributed by atoms with E-state index in [1.165, 1.54) is 9.79 Å². The number of anilines is 2. The summed E-state index contributed by atoms with van der Waals surface area (Å²) >= 11 is 2.66. The number of benzene rings is 3. The highest BCUT2D eigenvalue weighted by Gasteiger charge is 2.25. The summed E-state index contributed by atoms with van der Waals surface area (Å²) in [5.74, 6) is 6.79. The highest BCUT2D eigenvalue weighted by Crippen LogP contribution is 2.47. The third kappa shape index (κ3) is 4.36. The van der Waals surface area contributed by atoms with Crippen LogP contribution in [0.25, 0.3) is 6.08 Å². The van der Waals surface area contributed by atoms with E-state index in [9.17, 15) is 9.59 Å². The first-order valence-electron chi connectivity index (χ1n) is 10.2. The van der Waals surface area contributed by atoms with Gasteiger partial charge < -0.3 is 9.64 Å². The van der Waals surface area contributed by atoms with Crippen LogP contribution >= 0.6 is 23.5 Å². The van der Waals surface area contributed by atoms with Gasteiger partial charge in [0.25, 0.3) is 11.1 Å². The zero-order valence-electron chi connectivity index (χ0n) is 17.6. The summed E-state index contributed by atoms with van der Waals surface area (Å²) in [5, 5.41) is 1.91. The number of thioether (sulfide) groups is 1. The van der Waals surface area contributed by atoms with Gasteiger partial charge in [0.1, 0.15) is 5.75 Å². The van der Waals surface area contributed by atoms with Gasteiger partial charge >= 0.3 is 0 Å². The largest absolute Gasteiger partial charge is 0.495 e. The number of nitrogens with zero attached hydrogens (tertiary/aromatic N) is 1. The number of fused-ring (bicyclic) bond motifs is 2. The molecule has 2 heterocycles. The molecule has 2 aliphatic rings. The van der Waals surface area contributed by atoms with Crippen LogP contribution in [0.1, 0.15) is 11.1 Å². The zero-order chi connectivity index (χ0) is 22.8. The van der Waals surface area contributed by atoms with Crippen LogP contribution in [-0.4, -0.2) is 24.8 Å². The van der Waals surface area contributed by atoms with Crippen LogP contribution in [0.5, 0.6) is 5.75 Å². The van der Waals surface area contributed by atoms with Crippen molar-refractivity contribution in [2.75, 3.05) is 18.6 Å². The lowest BCUT2D eigenvalue weighted by atomic mass is 10.1. The minimum absolute atomic E-state index is 0.361. The first kappa shape index (κ1) is 21.3. The smallest absolute Gasteiger partial charge is 0.290 e. The van der Waals surface area contributed by atoms with Gasteiger partial charge in [-0.05, 0) is 59.8 Å². The molecule has 0 aliphatic carbocycles. The Balaban J connectivity index is 1.46. The summed E-state index contributed by atoms with van der Waals surface area (Å²) < 4.78 is 5.48. The van der Waals surface area contributed by atoms with Crippen LogP contribution in [-0.2, 0) is 4.79 Å². The Hall–Kier alpha value is -3.60. The fourth-order valence-electron chi connectivity index (χ4n) is 3.65. The third-order valence-corrected chi connectivity index (χ3v) is 7.10. The Morgan fingerprint density at radius 2 is 1.67 bits per heavy atom. The van der Waals surface area contributed by atoms with Gasteiger partial charge in [-0.25, -0.2) is 0 Å². The molecule has 2 aliphatic heterocycles. The van der Waals surface area contributed by atoms with Gasteiger partial charge in [0, 0.05) is 9.79 Å². The Kier molecular flexibility index (Phi) is 5.86. The molecular weight excluding hydrogens is 452 g/mol. The second-order valence-electron chi connectivity index (χ2n) is 7.24. The van der Waals surface area contributed by atoms with Gasteiger partial charge in [0.15, 0.2) is 0 Å². The van der Waals surface area contributed by atoms with E-state index in [0.29, 0.717) is 17.2 Å². The number of rotatable bonds is 3. The molecule has 7 heteroatoms. The van der Waals surface area contributed by atoms with Crippen molar-refractivity contribution in [3.8, 4) is 17.6 Å². The molecule has 0 atom stereocenters. The highest BCUT2D eigenvalue weighted by molar-refractivity contribution is 8.18. The van der Waals surface area contributed by atoms with Gasteiger partial charge in [0.05, 0.1) is 35.5 Å². The maximum absolute atomic E-state index is 11.9. The number of carbonyl (C=O) groups is 2. The van der Waals surface area contributed by atoms with Crippen LogP contribution < -0.4 is 15.0 Å². The number of para-hydroxylation sites is 2. The predicted molar refractivity (Wildman–Crippen MR) is 133 cm³/mol. The van der Waals surface area contributed by atoms with Crippen molar-refractivity contribution >= 4 is 52.1 Å². The van der Waals surface area contributed by atoms with Crippen molar-refractivity contribution < 1.29 is 14.3 Å². The Bertz CT molecular complexity index is 1330. The van der Waals surface area contributed by atoms with E-state index < -0.39 is 0 Å². The standard InChI is InChI=1S/C26H18N2O3S2/c1-31-21-13-12-17(16-24-25(29)27-26(30)33-24)15-18(21)7-6-14-28-19-8-2-4-10-22(19)32-23-11-5-3-9-20(23)28/h2-5,8-13,15-16H,14H2,1H3,(H,27,29,30)/b24-16+. The van der Waals surface area contributed by atoms with Crippen molar-refractivity contribution in [1.82, 2.24) is 5.32 Å². The third-order valence-electron chi connectivity index (χ3n) is 5.16. The lowest BCUT2D eigenvalue weighted by molar-refractivity contribution is -0.115. The fourth-order valence-corrected chi connectivity index (χ4v) is 5.43. The average Bonchev–Trinajstić information content (AvgIpc) is 3.15. The van der Waals surface area contributed by atoms with E-state index >= 15 is 0 Å². The van der Waals surface area contributed by atoms with Gasteiger partial charge in [-0.3, -0.25) is 14.9 Å². The number of hydrogen-bond acceptors (Lipinski definition) is 6. The predicted octanol–water partition coefficient (Wildman–Crippen LogP) is 5.67. The van der Waals surface area contributed by atoms with Crippen LogP contribution in [0.3, 0.4) is 0 Å². The molecule has 5 rings (SSSR count). The molecule has 0 spiro atoms. The molecular formula is C26H18N2O3S2. The number of amides is 2. The average molecular weight is 471 g/mol. The molecule has 3 aromatic carbocycles. The monoisotopic (exact) mass is 470 g/mol. The molecule has 1 saturated heterocycles. The minimum atomic E-state index is -0.381. The molecule has 0 bridgehead atoms. The lowest BCUT2D eigenvalue weighted by Gasteiger charge is -2.31. The highest BCUT2D eigenvalue weighted by atomic mass is 32.2. The van der Waals surface area contributed by atoms with E-state index in [1.54, 1.807) is 24.9 Å². The fraction of sp³-hybridized carbons (Fsp3) is 0.0769. The molecule has 0 aromatic heterocycles. The molecule has 1 N–H and O–H groups in total. The molecule has 1 fully saturated rings. The molecule has 0 radical (unpaired) electrons. The maximum Gasteiger partial charge on any atom is 0.290 e. The van der Waals surface area contributed by atoms with Crippen LogP contribution in [0.2, 0.25) is 0 Å². The molecule has 2 amide bonds. The summed E-state index contributed by atoms with van der Waals surface area (Å²) in [7, 11) is 1.60. The van der Waals surface area contributed by atoms with Gasteiger partial charge in [-0.1, -0.05) is 53.9 Å². The minimum Gasteiger partial charge on any atom is -0.495 e. The zero-order valence-corrected chi connectivity index (χ0v) is 19.3. The molecule has 5 nitrogen and oxygen atoms in total. The normalized spacial score (nSPS) is 15.4. The Morgan fingerprint density at radius 3 is 2.30 bits per heavy atom. The summed E-state index contributed by atoms with van der Waals surface area (Å²) in [4.78, 5) is 28.3. The second-order valence-corrected chi connectivity index (χ2v) is 9.34. The number of ether oxygens (including phenoxy) is 1. The van der Waals surface area contributed by atoms with E-state index in [0.717, 1.165) is 34.3 Å². The number of carbonyl (C=O) groups excluding carboxylic acids is 2. The molecule has 0 saturated carbocycles. The van der Waals surface area contributed by atoms with Gasteiger partial charge in [-0.2, -0.15) is 0 Å². The maximum atomic E-state index is 11.9. The van der Waals surface area contributed by atoms with Crippen molar-refractivity contribution in [3.63, 3.8) is 0 Å². The van der Waals surface area contributed by atoms with E-state index in [-0.39, 0.29) is 11.1 Å². The summed E-state index contributed by atoms with van der Waals surface area (Å²) in [5.41, 5.74) is 3.76. The van der Waals surface area contributed by atoms with E-state index in [4.69, 9.17) is 4.74 Å². The first-order chi connectivity index (χ1) is 16.1. The van der Waals surface area contributed by atoms with Crippen molar-refractivity contribution in [2.45, 2.75) is 9.79 Å². The van der Waals surface area contributed by atoms with E-state index in [2.05, 4.69) is 46.3 Å². The lowest BCUT2D eigenvalue weighted by Crippen LogP contribution is -2.20. The molecule has 162 valence electrons. The number of hydrogen-bond donors (Lipinski definition) is 1. The first-order valence-corrected chi connectivity index (χ1v) is 11.8. The number of imide groups is 1. The molecule has 33 heavy (non-hydrogen) atoms. The molecule has 3 aromatic rings. The quantitative estimate of drug-likeness (QED) is 0.393. The number of nitrogens with one attached hydrogen (secondary N) is 1. The van der Waals surface area contributed by atoms with Crippen LogP contribution in [0, 0.1) is 11.8 Å². The summed E-state index contributed by atoms with van der Waals surface area (Å²) in [6.07, 6.45) is 1.68.